The highest BCUT2D eigenvalue weighted by Crippen LogP contribution is 2.31. The summed E-state index contributed by atoms with van der Waals surface area (Å²) < 4.78 is 0. The van der Waals surface area contributed by atoms with Gasteiger partial charge in [0.25, 0.3) is 5.69 Å². The van der Waals surface area contributed by atoms with Crippen molar-refractivity contribution < 1.29 is 9.72 Å². The maximum absolute atomic E-state index is 13.0. The van der Waals surface area contributed by atoms with Gasteiger partial charge in [-0.25, -0.2) is 0 Å². The van der Waals surface area contributed by atoms with Crippen LogP contribution in [0.5, 0.6) is 0 Å². The number of para-hydroxylation sites is 2. The van der Waals surface area contributed by atoms with Crippen LogP contribution in [0.3, 0.4) is 0 Å². The zero-order chi connectivity index (χ0) is 22.3. The summed E-state index contributed by atoms with van der Waals surface area (Å²) in [5.41, 5.74) is 1.99. The number of nitro benzene ring substituents is 1. The average Bonchev–Trinajstić information content (AvgIpc) is 2.85. The third-order valence-corrected chi connectivity index (χ3v) is 6.42. The Balaban J connectivity index is 1.23. The van der Waals surface area contributed by atoms with Crippen molar-refractivity contribution >= 4 is 23.4 Å². The first kappa shape index (κ1) is 22.0. The highest BCUT2D eigenvalue weighted by Gasteiger charge is 2.31. The highest BCUT2D eigenvalue weighted by molar-refractivity contribution is 5.79. The van der Waals surface area contributed by atoms with Crippen LogP contribution in [-0.4, -0.2) is 66.4 Å². The highest BCUT2D eigenvalue weighted by atomic mass is 16.6. The molecule has 7 nitrogen and oxygen atoms in total. The molecule has 2 aromatic rings. The Kier molecular flexibility index (Phi) is 7.17. The molecule has 7 heteroatoms. The smallest absolute Gasteiger partial charge is 0.292 e. The van der Waals surface area contributed by atoms with Crippen LogP contribution in [-0.2, 0) is 4.79 Å². The minimum Gasteiger partial charge on any atom is -0.366 e. The zero-order valence-electron chi connectivity index (χ0n) is 18.3. The Hall–Kier alpha value is -3.19. The molecule has 0 atom stereocenters. The molecule has 0 bridgehead atoms. The van der Waals surface area contributed by atoms with Gasteiger partial charge in [0.1, 0.15) is 5.69 Å². The predicted octanol–water partition coefficient (Wildman–Crippen LogP) is 3.67. The van der Waals surface area contributed by atoms with Crippen LogP contribution in [0.25, 0.3) is 6.08 Å². The molecule has 168 valence electrons. The molecule has 4 rings (SSSR count). The van der Waals surface area contributed by atoms with E-state index in [4.69, 9.17) is 0 Å². The maximum Gasteiger partial charge on any atom is 0.292 e. The van der Waals surface area contributed by atoms with Gasteiger partial charge in [-0.05, 0) is 24.5 Å². The number of hydrogen-bond donors (Lipinski definition) is 0. The van der Waals surface area contributed by atoms with Crippen molar-refractivity contribution in [2.45, 2.75) is 12.8 Å². The molecule has 2 aliphatic heterocycles. The van der Waals surface area contributed by atoms with E-state index in [0.717, 1.165) is 45.6 Å². The van der Waals surface area contributed by atoms with Crippen LogP contribution >= 0.6 is 0 Å². The van der Waals surface area contributed by atoms with Crippen molar-refractivity contribution in [3.05, 3.63) is 76.4 Å². The number of hydrogen-bond acceptors (Lipinski definition) is 5. The molecule has 0 spiro atoms. The van der Waals surface area contributed by atoms with Gasteiger partial charge in [0.2, 0.25) is 5.91 Å². The van der Waals surface area contributed by atoms with Crippen molar-refractivity contribution in [1.29, 1.82) is 0 Å². The van der Waals surface area contributed by atoms with Gasteiger partial charge >= 0.3 is 0 Å². The molecular weight excluding hydrogens is 404 g/mol. The second-order valence-corrected chi connectivity index (χ2v) is 8.45. The number of carbonyl (C=O) groups excluding carboxylic acids is 1. The largest absolute Gasteiger partial charge is 0.366 e. The number of nitro groups is 1. The van der Waals surface area contributed by atoms with Crippen LogP contribution in [0.15, 0.2) is 60.7 Å². The van der Waals surface area contributed by atoms with Gasteiger partial charge in [0.05, 0.1) is 4.92 Å². The van der Waals surface area contributed by atoms with Crippen molar-refractivity contribution in [1.82, 2.24) is 9.80 Å². The van der Waals surface area contributed by atoms with Gasteiger partial charge in [-0.15, -0.1) is 0 Å². The number of anilines is 1. The molecule has 2 heterocycles. The van der Waals surface area contributed by atoms with Crippen molar-refractivity contribution in [2.24, 2.45) is 5.92 Å². The molecule has 0 unspecified atom stereocenters. The minimum absolute atomic E-state index is 0.0125. The predicted molar refractivity (Wildman–Crippen MR) is 127 cm³/mol. The third kappa shape index (κ3) is 5.34. The monoisotopic (exact) mass is 434 g/mol. The number of piperidine rings is 1. The first-order valence-corrected chi connectivity index (χ1v) is 11.3. The number of nitrogens with zero attached hydrogens (tertiary/aromatic N) is 4. The lowest BCUT2D eigenvalue weighted by Crippen LogP contribution is -2.51. The van der Waals surface area contributed by atoms with Gasteiger partial charge in [0.15, 0.2) is 0 Å². The summed E-state index contributed by atoms with van der Waals surface area (Å²) in [6.07, 6.45) is 5.81. The van der Waals surface area contributed by atoms with Crippen LogP contribution in [0, 0.1) is 16.0 Å². The first-order valence-electron chi connectivity index (χ1n) is 11.3. The van der Waals surface area contributed by atoms with Gasteiger partial charge in [-0.3, -0.25) is 19.8 Å². The van der Waals surface area contributed by atoms with Crippen LogP contribution in [0.2, 0.25) is 0 Å². The molecule has 2 aliphatic rings. The summed E-state index contributed by atoms with van der Waals surface area (Å²) in [7, 11) is 0. The number of amides is 1. The third-order valence-electron chi connectivity index (χ3n) is 6.42. The summed E-state index contributed by atoms with van der Waals surface area (Å²) >= 11 is 0. The molecule has 2 saturated heterocycles. The zero-order valence-corrected chi connectivity index (χ0v) is 18.3. The molecule has 0 aliphatic carbocycles. The lowest BCUT2D eigenvalue weighted by Gasteiger charge is -2.38. The number of carbonyl (C=O) groups is 1. The van der Waals surface area contributed by atoms with E-state index >= 15 is 0 Å². The molecule has 1 amide bonds. The normalized spacial score (nSPS) is 18.2. The Morgan fingerprint density at radius 1 is 0.938 bits per heavy atom. The second kappa shape index (κ2) is 10.4. The van der Waals surface area contributed by atoms with Crippen molar-refractivity contribution in [2.75, 3.05) is 50.7 Å². The van der Waals surface area contributed by atoms with E-state index in [9.17, 15) is 14.9 Å². The number of benzene rings is 2. The molecule has 0 N–H and O–H groups in total. The summed E-state index contributed by atoms with van der Waals surface area (Å²) in [5, 5.41) is 11.3. The number of rotatable bonds is 6. The average molecular weight is 435 g/mol. The minimum atomic E-state index is -0.332. The Labute approximate surface area is 189 Å². The Morgan fingerprint density at radius 2 is 1.59 bits per heavy atom. The van der Waals surface area contributed by atoms with E-state index in [2.05, 4.69) is 29.2 Å². The van der Waals surface area contributed by atoms with E-state index in [1.54, 1.807) is 18.2 Å². The van der Waals surface area contributed by atoms with Crippen LogP contribution in [0.4, 0.5) is 11.4 Å². The Morgan fingerprint density at radius 3 is 2.28 bits per heavy atom. The summed E-state index contributed by atoms with van der Waals surface area (Å²) in [6.45, 7) is 5.55. The van der Waals surface area contributed by atoms with Gasteiger partial charge < -0.3 is 9.80 Å². The topological polar surface area (TPSA) is 69.9 Å². The lowest BCUT2D eigenvalue weighted by molar-refractivity contribution is -0.384. The van der Waals surface area contributed by atoms with E-state index in [1.165, 1.54) is 5.56 Å². The molecule has 0 saturated carbocycles. The second-order valence-electron chi connectivity index (χ2n) is 8.45. The van der Waals surface area contributed by atoms with Crippen LogP contribution < -0.4 is 4.90 Å². The number of piperazine rings is 1. The van der Waals surface area contributed by atoms with Crippen molar-refractivity contribution in [3.63, 3.8) is 0 Å². The van der Waals surface area contributed by atoms with Crippen LogP contribution in [0.1, 0.15) is 18.4 Å². The SMILES string of the molecule is O=C(C1CCN(c2ccccc2[N+](=O)[O-])CC1)N1CCN(C/C=C/c2ccccc2)CC1. The van der Waals surface area contributed by atoms with Gasteiger partial charge in [-0.1, -0.05) is 54.6 Å². The summed E-state index contributed by atoms with van der Waals surface area (Å²) in [4.78, 5) is 30.4. The van der Waals surface area contributed by atoms with Gasteiger partial charge in [-0.2, -0.15) is 0 Å². The molecule has 0 radical (unpaired) electrons. The maximum atomic E-state index is 13.0. The van der Waals surface area contributed by atoms with E-state index in [1.807, 2.05) is 34.1 Å². The quantitative estimate of drug-likeness (QED) is 0.513. The molecular formula is C25H30N4O3. The Bertz CT molecular complexity index is 947. The molecule has 32 heavy (non-hydrogen) atoms. The molecule has 2 aromatic carbocycles. The lowest BCUT2D eigenvalue weighted by atomic mass is 9.94. The standard InChI is InChI=1S/C25H30N4O3/c30-25(22-12-15-27(16-13-22)23-10-4-5-11-24(23)29(31)32)28-19-17-26(18-20-28)14-6-9-21-7-2-1-3-8-21/h1-11,22H,12-20H2/b9-6+. The fourth-order valence-corrected chi connectivity index (χ4v) is 4.56. The fraction of sp³-hybridized carbons (Fsp3) is 0.400. The van der Waals surface area contributed by atoms with Crippen molar-refractivity contribution in [3.8, 4) is 0 Å². The van der Waals surface area contributed by atoms with E-state index in [0.29, 0.717) is 18.8 Å². The molecule has 0 aromatic heterocycles. The van der Waals surface area contributed by atoms with Gasteiger partial charge in [0, 0.05) is 57.8 Å². The summed E-state index contributed by atoms with van der Waals surface area (Å²) in [6, 6.07) is 17.1. The fourth-order valence-electron chi connectivity index (χ4n) is 4.56. The summed E-state index contributed by atoms with van der Waals surface area (Å²) in [5.74, 6) is 0.255. The van der Waals surface area contributed by atoms with E-state index in [-0.39, 0.29) is 22.4 Å². The van der Waals surface area contributed by atoms with E-state index < -0.39 is 0 Å². The molecule has 2 fully saturated rings. The first-order chi connectivity index (χ1) is 15.6.